The number of nitrogens with zero attached hydrogens (tertiary/aromatic N) is 3. The van der Waals surface area contributed by atoms with Crippen molar-refractivity contribution in [3.8, 4) is 11.1 Å². The lowest BCUT2D eigenvalue weighted by molar-refractivity contribution is -0.192. The minimum Gasteiger partial charge on any atom is -0.475 e. The highest BCUT2D eigenvalue weighted by molar-refractivity contribution is 5.95. The van der Waals surface area contributed by atoms with Crippen molar-refractivity contribution in [3.63, 3.8) is 0 Å². The molecular weight excluding hydrogens is 570 g/mol. The summed E-state index contributed by atoms with van der Waals surface area (Å²) in [5, 5.41) is 13.5. The van der Waals surface area contributed by atoms with E-state index in [-0.39, 0.29) is 29.7 Å². The molecule has 1 aliphatic carbocycles. The molecule has 0 spiro atoms. The lowest BCUT2D eigenvalue weighted by Gasteiger charge is -2.38. The number of aliphatic carboxylic acids is 1. The molecule has 1 aromatic heterocycles. The zero-order valence-electron chi connectivity index (χ0n) is 24.2. The number of halogens is 4. The number of hydrogen-bond donors (Lipinski definition) is 3. The van der Waals surface area contributed by atoms with Gasteiger partial charge in [-0.1, -0.05) is 31.4 Å². The number of rotatable bonds is 7. The molecule has 1 saturated carbocycles. The fourth-order valence-corrected chi connectivity index (χ4v) is 6.00. The van der Waals surface area contributed by atoms with Gasteiger partial charge in [-0.25, -0.2) is 9.18 Å². The molecule has 0 bridgehead atoms. The molecule has 1 aromatic carbocycles. The maximum Gasteiger partial charge on any atom is 0.490 e. The molecule has 0 unspecified atom stereocenters. The number of hydrogen-bond acceptors (Lipinski definition) is 5. The molecule has 9 nitrogen and oxygen atoms in total. The molecule has 2 fully saturated rings. The van der Waals surface area contributed by atoms with Crippen LogP contribution >= 0.6 is 0 Å². The molecule has 5 rings (SSSR count). The predicted octanol–water partition coefficient (Wildman–Crippen LogP) is 3.91. The average molecular weight is 610 g/mol. The number of carbonyl (C=O) groups is 3. The average Bonchev–Trinajstić information content (AvgIpc) is 3.43. The van der Waals surface area contributed by atoms with Gasteiger partial charge in [-0.3, -0.25) is 14.5 Å². The highest BCUT2D eigenvalue weighted by Crippen LogP contribution is 2.30. The number of fused-ring (bicyclic) bond motifs is 1. The Balaban J connectivity index is 0.000000541. The first-order valence-corrected chi connectivity index (χ1v) is 14.7. The van der Waals surface area contributed by atoms with Gasteiger partial charge in [0.2, 0.25) is 5.91 Å². The largest absolute Gasteiger partial charge is 0.490 e. The Labute approximate surface area is 248 Å². The summed E-state index contributed by atoms with van der Waals surface area (Å²) in [7, 11) is 2.16. The summed E-state index contributed by atoms with van der Waals surface area (Å²) in [6.07, 6.45) is 3.22. The van der Waals surface area contributed by atoms with Crippen molar-refractivity contribution in [2.75, 3.05) is 46.3 Å². The van der Waals surface area contributed by atoms with Gasteiger partial charge in [-0.15, -0.1) is 0 Å². The summed E-state index contributed by atoms with van der Waals surface area (Å²) in [6.45, 7) is 5.53. The Bertz CT molecular complexity index is 1270. The van der Waals surface area contributed by atoms with Gasteiger partial charge in [-0.05, 0) is 49.6 Å². The Morgan fingerprint density at radius 1 is 1.07 bits per heavy atom. The second kappa shape index (κ2) is 14.3. The summed E-state index contributed by atoms with van der Waals surface area (Å²) in [5.74, 6) is -2.67. The lowest BCUT2D eigenvalue weighted by Crippen LogP contribution is -2.53. The number of carboxylic acids is 1. The number of likely N-dealkylation sites (N-methyl/N-ethyl adjacent to an activating group) is 1. The number of nitrogens with one attached hydrogen (secondary N) is 2. The number of amides is 2. The Kier molecular flexibility index (Phi) is 10.8. The number of piperazine rings is 1. The topological polar surface area (TPSA) is 107 Å². The van der Waals surface area contributed by atoms with Gasteiger partial charge in [0, 0.05) is 63.5 Å². The summed E-state index contributed by atoms with van der Waals surface area (Å²) in [5.41, 5.74) is 2.01. The van der Waals surface area contributed by atoms with Crippen molar-refractivity contribution in [1.82, 2.24) is 25.0 Å². The van der Waals surface area contributed by atoms with Crippen LogP contribution in [-0.4, -0.2) is 95.8 Å². The van der Waals surface area contributed by atoms with Gasteiger partial charge in [0.15, 0.2) is 0 Å². The standard InChI is InChI=1S/C28H38FN5O2.C2HF3O2/c1-32-10-12-33(13-11-32)19-25(20-6-3-2-4-7-20)31-27(35)16-24-17-30-28(36)26-15-22(18-34(24)26)21-8-5-9-23(29)14-21;3-2(4,5)1(6)7/h5,8-9,14-15,18,20,24-25H,2-4,6-7,10-13,16-17,19H2,1H3,(H,30,36)(H,31,35);(H,6,7)/t24-,25+;/m0./s1. The summed E-state index contributed by atoms with van der Waals surface area (Å²) in [6, 6.07) is 8.14. The van der Waals surface area contributed by atoms with Crippen LogP contribution in [0.3, 0.4) is 0 Å². The molecule has 2 atom stereocenters. The maximum absolute atomic E-state index is 13.8. The number of benzene rings is 1. The van der Waals surface area contributed by atoms with Crippen molar-refractivity contribution in [1.29, 1.82) is 0 Å². The molecule has 1 saturated heterocycles. The summed E-state index contributed by atoms with van der Waals surface area (Å²) >= 11 is 0. The van der Waals surface area contributed by atoms with Crippen LogP contribution < -0.4 is 10.6 Å². The molecule has 0 radical (unpaired) electrons. The minimum atomic E-state index is -5.08. The molecule has 2 amide bonds. The van der Waals surface area contributed by atoms with E-state index in [0.717, 1.165) is 43.9 Å². The van der Waals surface area contributed by atoms with E-state index >= 15 is 0 Å². The first-order chi connectivity index (χ1) is 20.4. The summed E-state index contributed by atoms with van der Waals surface area (Å²) in [4.78, 5) is 39.6. The quantitative estimate of drug-likeness (QED) is 0.411. The van der Waals surface area contributed by atoms with Crippen LogP contribution in [0.15, 0.2) is 36.5 Å². The number of alkyl halides is 3. The summed E-state index contributed by atoms with van der Waals surface area (Å²) < 4.78 is 47.4. The molecule has 236 valence electrons. The lowest BCUT2D eigenvalue weighted by atomic mass is 9.83. The second-order valence-corrected chi connectivity index (χ2v) is 11.6. The van der Waals surface area contributed by atoms with Crippen LogP contribution in [0.5, 0.6) is 0 Å². The Morgan fingerprint density at radius 3 is 2.37 bits per heavy atom. The van der Waals surface area contributed by atoms with E-state index in [0.29, 0.717) is 24.6 Å². The minimum absolute atomic E-state index is 0.0350. The van der Waals surface area contributed by atoms with Crippen LogP contribution in [-0.2, 0) is 9.59 Å². The zero-order chi connectivity index (χ0) is 31.1. The van der Waals surface area contributed by atoms with E-state index in [1.165, 1.54) is 44.2 Å². The molecule has 43 heavy (non-hydrogen) atoms. The maximum atomic E-state index is 13.8. The van der Waals surface area contributed by atoms with Gasteiger partial charge in [0.05, 0.1) is 6.04 Å². The van der Waals surface area contributed by atoms with E-state index < -0.39 is 12.1 Å². The van der Waals surface area contributed by atoms with Crippen molar-refractivity contribution in [2.24, 2.45) is 5.92 Å². The molecule has 3 N–H and O–H groups in total. The molecule has 2 aromatic rings. The van der Waals surface area contributed by atoms with Crippen molar-refractivity contribution < 1.29 is 37.1 Å². The highest BCUT2D eigenvalue weighted by Gasteiger charge is 2.38. The molecule has 3 aliphatic rings. The third-order valence-electron chi connectivity index (χ3n) is 8.41. The third-order valence-corrected chi connectivity index (χ3v) is 8.41. The van der Waals surface area contributed by atoms with Crippen LogP contribution in [0.25, 0.3) is 11.1 Å². The van der Waals surface area contributed by atoms with E-state index in [1.807, 2.05) is 16.8 Å². The first kappa shape index (κ1) is 32.5. The number of carbonyl (C=O) groups excluding carboxylic acids is 2. The van der Waals surface area contributed by atoms with E-state index in [2.05, 4.69) is 27.5 Å². The molecule has 13 heteroatoms. The number of aromatic nitrogens is 1. The van der Waals surface area contributed by atoms with E-state index in [9.17, 15) is 27.2 Å². The van der Waals surface area contributed by atoms with Gasteiger partial charge in [0.25, 0.3) is 5.91 Å². The van der Waals surface area contributed by atoms with Crippen LogP contribution in [0, 0.1) is 11.7 Å². The monoisotopic (exact) mass is 609 g/mol. The predicted molar refractivity (Wildman–Crippen MR) is 152 cm³/mol. The van der Waals surface area contributed by atoms with Crippen LogP contribution in [0.2, 0.25) is 0 Å². The van der Waals surface area contributed by atoms with Gasteiger partial charge >= 0.3 is 12.1 Å². The third kappa shape index (κ3) is 9.02. The van der Waals surface area contributed by atoms with Crippen LogP contribution in [0.4, 0.5) is 17.6 Å². The smallest absolute Gasteiger partial charge is 0.475 e. The van der Waals surface area contributed by atoms with Crippen LogP contribution in [0.1, 0.15) is 55.1 Å². The highest BCUT2D eigenvalue weighted by atomic mass is 19.4. The molecular formula is C30H39F4N5O4. The Hall–Kier alpha value is -3.45. The zero-order valence-corrected chi connectivity index (χ0v) is 24.2. The van der Waals surface area contributed by atoms with Crippen molar-refractivity contribution in [3.05, 3.63) is 48.0 Å². The molecule has 2 aliphatic heterocycles. The van der Waals surface area contributed by atoms with Gasteiger partial charge in [0.1, 0.15) is 11.5 Å². The van der Waals surface area contributed by atoms with Gasteiger partial charge < -0.3 is 25.2 Å². The van der Waals surface area contributed by atoms with Crippen molar-refractivity contribution in [2.45, 2.75) is 56.8 Å². The van der Waals surface area contributed by atoms with Gasteiger partial charge in [-0.2, -0.15) is 13.2 Å². The fraction of sp³-hybridized carbons (Fsp3) is 0.567. The second-order valence-electron chi connectivity index (χ2n) is 11.6. The fourth-order valence-electron chi connectivity index (χ4n) is 6.00. The Morgan fingerprint density at radius 2 is 1.74 bits per heavy atom. The van der Waals surface area contributed by atoms with E-state index in [4.69, 9.17) is 9.90 Å². The van der Waals surface area contributed by atoms with E-state index in [1.54, 1.807) is 12.1 Å². The number of carboxylic acid groups (broad SMARTS) is 1. The normalized spacial score (nSPS) is 20.8. The molecule has 3 heterocycles. The van der Waals surface area contributed by atoms with Crippen molar-refractivity contribution >= 4 is 17.8 Å². The first-order valence-electron chi connectivity index (χ1n) is 14.7. The SMILES string of the molecule is CN1CCN(C[C@@H](NC(=O)C[C@H]2CNC(=O)c3cc(-c4cccc(F)c4)cn32)C2CCCCC2)CC1.O=C(O)C(F)(F)F.